The van der Waals surface area contributed by atoms with Crippen LogP contribution in [0.5, 0.6) is 0 Å². The minimum Gasteiger partial charge on any atom is -0.337 e. The van der Waals surface area contributed by atoms with Gasteiger partial charge in [0, 0.05) is 18.3 Å². The van der Waals surface area contributed by atoms with Gasteiger partial charge in [-0.2, -0.15) is 18.3 Å². The molecule has 2 heterocycles. The predicted octanol–water partition coefficient (Wildman–Crippen LogP) is 4.27. The van der Waals surface area contributed by atoms with E-state index in [9.17, 15) is 18.0 Å². The molecule has 0 saturated carbocycles. The number of rotatable bonds is 6. The van der Waals surface area contributed by atoms with Crippen molar-refractivity contribution in [2.45, 2.75) is 19.0 Å². The highest BCUT2D eigenvalue weighted by molar-refractivity contribution is 5.88. The molecule has 8 nitrogen and oxygen atoms in total. The summed E-state index contributed by atoms with van der Waals surface area (Å²) in [4.78, 5) is 16.7. The molecule has 0 aliphatic carbocycles. The maximum Gasteiger partial charge on any atom is 0.416 e. The van der Waals surface area contributed by atoms with Crippen molar-refractivity contribution in [2.24, 2.45) is 0 Å². The minimum atomic E-state index is -4.46. The fourth-order valence-corrected chi connectivity index (χ4v) is 3.41. The van der Waals surface area contributed by atoms with Gasteiger partial charge < -0.3 is 5.32 Å². The summed E-state index contributed by atoms with van der Waals surface area (Å²) in [6.07, 6.45) is -3.06. The van der Waals surface area contributed by atoms with E-state index in [1.807, 2.05) is 30.3 Å². The lowest BCUT2D eigenvalue weighted by Crippen LogP contribution is -2.33. The SMILES string of the molecule is Cc1cc(NC(=O)NCC(c2ccccc2)c2ncn[nH]2)nn1-c1cccc(C(F)(F)F)c1. The van der Waals surface area contributed by atoms with Crippen LogP contribution in [-0.4, -0.2) is 37.5 Å². The number of alkyl halides is 3. The zero-order chi connectivity index (χ0) is 23.4. The smallest absolute Gasteiger partial charge is 0.337 e. The van der Waals surface area contributed by atoms with E-state index in [1.165, 1.54) is 23.1 Å². The standard InChI is InChI=1S/C22H20F3N7O/c1-14-10-19(31-32(14)17-9-5-8-16(11-17)22(23,24)25)29-21(33)26-12-18(20-27-13-28-30-20)15-6-3-2-4-7-15/h2-11,13,18H,12H2,1H3,(H,27,28,30)(H2,26,29,31,33). The molecule has 0 saturated heterocycles. The Morgan fingerprint density at radius 1 is 1.12 bits per heavy atom. The number of anilines is 1. The fraction of sp³-hybridized carbons (Fsp3) is 0.182. The third-order valence-corrected chi connectivity index (χ3v) is 4.98. The van der Waals surface area contributed by atoms with Crippen molar-refractivity contribution in [3.8, 4) is 5.69 Å². The molecule has 2 aromatic carbocycles. The van der Waals surface area contributed by atoms with Gasteiger partial charge >= 0.3 is 12.2 Å². The maximum atomic E-state index is 13.0. The van der Waals surface area contributed by atoms with Gasteiger partial charge in [-0.05, 0) is 30.7 Å². The Kier molecular flexibility index (Phi) is 6.11. The summed E-state index contributed by atoms with van der Waals surface area (Å²) in [5.74, 6) is 0.563. The second kappa shape index (κ2) is 9.15. The van der Waals surface area contributed by atoms with Gasteiger partial charge in [-0.25, -0.2) is 14.5 Å². The summed E-state index contributed by atoms with van der Waals surface area (Å²) in [6.45, 7) is 1.92. The van der Waals surface area contributed by atoms with Crippen LogP contribution in [0.15, 0.2) is 67.0 Å². The van der Waals surface area contributed by atoms with Gasteiger partial charge in [-0.15, -0.1) is 5.10 Å². The average molecular weight is 455 g/mol. The molecule has 4 aromatic rings. The van der Waals surface area contributed by atoms with Crippen molar-refractivity contribution in [3.05, 3.63) is 89.6 Å². The molecule has 33 heavy (non-hydrogen) atoms. The number of nitrogens with one attached hydrogen (secondary N) is 3. The number of aromatic nitrogens is 5. The summed E-state index contributed by atoms with van der Waals surface area (Å²) in [6, 6.07) is 15.4. The van der Waals surface area contributed by atoms with Crippen LogP contribution in [0.4, 0.5) is 23.8 Å². The molecular formula is C22H20F3N7O. The van der Waals surface area contributed by atoms with Crippen LogP contribution < -0.4 is 10.6 Å². The molecule has 1 unspecified atom stereocenters. The van der Waals surface area contributed by atoms with Gasteiger partial charge in [0.15, 0.2) is 5.82 Å². The van der Waals surface area contributed by atoms with Crippen molar-refractivity contribution in [3.63, 3.8) is 0 Å². The number of aromatic amines is 1. The number of hydrogen-bond acceptors (Lipinski definition) is 4. The molecule has 2 amide bonds. The summed E-state index contributed by atoms with van der Waals surface area (Å²) < 4.78 is 40.4. The quantitative estimate of drug-likeness (QED) is 0.404. The van der Waals surface area contributed by atoms with Crippen LogP contribution in [0.25, 0.3) is 5.69 Å². The number of nitrogens with zero attached hydrogens (tertiary/aromatic N) is 4. The largest absolute Gasteiger partial charge is 0.416 e. The summed E-state index contributed by atoms with van der Waals surface area (Å²) in [5, 5.41) is 16.3. The third kappa shape index (κ3) is 5.20. The average Bonchev–Trinajstić information content (AvgIpc) is 3.44. The second-order valence-electron chi connectivity index (χ2n) is 7.30. The molecule has 2 aromatic heterocycles. The molecule has 0 fully saturated rings. The van der Waals surface area contributed by atoms with Crippen molar-refractivity contribution in [2.75, 3.05) is 11.9 Å². The molecule has 11 heteroatoms. The first-order valence-corrected chi connectivity index (χ1v) is 10.0. The first-order chi connectivity index (χ1) is 15.8. The van der Waals surface area contributed by atoms with Crippen LogP contribution in [0.3, 0.4) is 0 Å². The van der Waals surface area contributed by atoms with Crippen LogP contribution in [0, 0.1) is 6.92 Å². The number of H-pyrrole nitrogens is 1. The third-order valence-electron chi connectivity index (χ3n) is 4.98. The molecule has 0 aliphatic rings. The van der Waals surface area contributed by atoms with E-state index >= 15 is 0 Å². The first kappa shape index (κ1) is 22.1. The zero-order valence-electron chi connectivity index (χ0n) is 17.5. The number of urea groups is 1. The number of hydrogen-bond donors (Lipinski definition) is 3. The van der Waals surface area contributed by atoms with Crippen molar-refractivity contribution in [1.82, 2.24) is 30.3 Å². The Morgan fingerprint density at radius 3 is 2.61 bits per heavy atom. The van der Waals surface area contributed by atoms with Gasteiger partial charge in [-0.1, -0.05) is 36.4 Å². The Labute approximate surface area is 186 Å². The van der Waals surface area contributed by atoms with E-state index < -0.39 is 17.8 Å². The molecule has 0 spiro atoms. The van der Waals surface area contributed by atoms with Crippen LogP contribution in [0.2, 0.25) is 0 Å². The highest BCUT2D eigenvalue weighted by Crippen LogP contribution is 2.30. The first-order valence-electron chi connectivity index (χ1n) is 10.0. The predicted molar refractivity (Wildman–Crippen MR) is 115 cm³/mol. The lowest BCUT2D eigenvalue weighted by atomic mass is 9.98. The molecule has 3 N–H and O–H groups in total. The highest BCUT2D eigenvalue weighted by atomic mass is 19.4. The van der Waals surface area contributed by atoms with E-state index in [0.29, 0.717) is 11.5 Å². The van der Waals surface area contributed by atoms with Gasteiger partial charge in [0.1, 0.15) is 12.2 Å². The summed E-state index contributed by atoms with van der Waals surface area (Å²) in [7, 11) is 0. The van der Waals surface area contributed by atoms with Crippen LogP contribution in [-0.2, 0) is 6.18 Å². The molecule has 1 atom stereocenters. The normalized spacial score (nSPS) is 12.4. The number of carbonyl (C=O) groups excluding carboxylic acids is 1. The Morgan fingerprint density at radius 2 is 1.91 bits per heavy atom. The number of amides is 2. The molecular weight excluding hydrogens is 435 g/mol. The Hall–Kier alpha value is -4.15. The highest BCUT2D eigenvalue weighted by Gasteiger charge is 2.30. The number of carbonyl (C=O) groups is 1. The zero-order valence-corrected chi connectivity index (χ0v) is 17.5. The Balaban J connectivity index is 1.45. The van der Waals surface area contributed by atoms with Crippen LogP contribution >= 0.6 is 0 Å². The van der Waals surface area contributed by atoms with Gasteiger partial charge in [-0.3, -0.25) is 10.4 Å². The number of halogens is 3. The lowest BCUT2D eigenvalue weighted by Gasteiger charge is -2.15. The number of benzene rings is 2. The monoisotopic (exact) mass is 455 g/mol. The van der Waals surface area contributed by atoms with E-state index in [1.54, 1.807) is 13.0 Å². The maximum absolute atomic E-state index is 13.0. The van der Waals surface area contributed by atoms with E-state index in [0.717, 1.165) is 17.7 Å². The fourth-order valence-electron chi connectivity index (χ4n) is 3.41. The summed E-state index contributed by atoms with van der Waals surface area (Å²) in [5.41, 5.74) is 0.972. The van der Waals surface area contributed by atoms with Crippen molar-refractivity contribution < 1.29 is 18.0 Å². The second-order valence-corrected chi connectivity index (χ2v) is 7.30. The molecule has 0 bridgehead atoms. The molecule has 0 aliphatic heterocycles. The molecule has 170 valence electrons. The van der Waals surface area contributed by atoms with Crippen molar-refractivity contribution >= 4 is 11.8 Å². The minimum absolute atomic E-state index is 0.207. The topological polar surface area (TPSA) is 101 Å². The van der Waals surface area contributed by atoms with Crippen LogP contribution in [0.1, 0.15) is 28.6 Å². The van der Waals surface area contributed by atoms with E-state index in [4.69, 9.17) is 0 Å². The van der Waals surface area contributed by atoms with E-state index in [-0.39, 0.29) is 24.0 Å². The van der Waals surface area contributed by atoms with Gasteiger partial charge in [0.05, 0.1) is 17.2 Å². The molecule has 0 radical (unpaired) electrons. The van der Waals surface area contributed by atoms with Gasteiger partial charge in [0.25, 0.3) is 0 Å². The van der Waals surface area contributed by atoms with E-state index in [2.05, 4.69) is 30.9 Å². The molecule has 4 rings (SSSR count). The van der Waals surface area contributed by atoms with Crippen molar-refractivity contribution in [1.29, 1.82) is 0 Å². The summed E-state index contributed by atoms with van der Waals surface area (Å²) >= 11 is 0. The van der Waals surface area contributed by atoms with Gasteiger partial charge in [0.2, 0.25) is 0 Å². The lowest BCUT2D eigenvalue weighted by molar-refractivity contribution is -0.137. The number of aryl methyl sites for hydroxylation is 1. The Bertz CT molecular complexity index is 1220.